The summed E-state index contributed by atoms with van der Waals surface area (Å²) in [6, 6.07) is 6.93. The smallest absolute Gasteiger partial charge is 0.215 e. The van der Waals surface area contributed by atoms with Crippen LogP contribution in [0.3, 0.4) is 0 Å². The first kappa shape index (κ1) is 15.8. The average Bonchev–Trinajstić information content (AvgIpc) is 2.36. The molecular weight excluding hydrogens is 264 g/mol. The zero-order valence-electron chi connectivity index (χ0n) is 11.4. The number of nitrogens with two attached hydrogens (primary N) is 1. The Morgan fingerprint density at radius 3 is 2.58 bits per heavy atom. The topological polar surface area (TPSA) is 81.4 Å². The van der Waals surface area contributed by atoms with Crippen molar-refractivity contribution in [1.82, 2.24) is 4.72 Å². The number of hydrogen-bond acceptors (Lipinski definition) is 4. The number of ether oxygens (including phenoxy) is 1. The minimum Gasteiger partial charge on any atom is -0.492 e. The molecule has 0 aliphatic carbocycles. The van der Waals surface area contributed by atoms with Crippen molar-refractivity contribution in [3.8, 4) is 5.75 Å². The SMILES string of the molecule is CCC(CC)NS(=O)(=O)CCOc1cccc(N)c1. The predicted octanol–water partition coefficient (Wildman–Crippen LogP) is 1.76. The first-order valence-electron chi connectivity index (χ1n) is 6.45. The van der Waals surface area contributed by atoms with Gasteiger partial charge in [0.25, 0.3) is 0 Å². The maximum Gasteiger partial charge on any atom is 0.215 e. The van der Waals surface area contributed by atoms with Gasteiger partial charge in [0.15, 0.2) is 0 Å². The second-order valence-electron chi connectivity index (χ2n) is 4.37. The first-order valence-corrected chi connectivity index (χ1v) is 8.10. The van der Waals surface area contributed by atoms with Gasteiger partial charge in [-0.3, -0.25) is 0 Å². The molecular formula is C13H22N2O3S. The van der Waals surface area contributed by atoms with Crippen LogP contribution in [0.2, 0.25) is 0 Å². The fourth-order valence-electron chi connectivity index (χ4n) is 1.64. The lowest BCUT2D eigenvalue weighted by atomic mass is 10.2. The van der Waals surface area contributed by atoms with Crippen molar-refractivity contribution in [2.75, 3.05) is 18.1 Å². The van der Waals surface area contributed by atoms with Crippen LogP contribution in [0.4, 0.5) is 5.69 Å². The lowest BCUT2D eigenvalue weighted by Crippen LogP contribution is -2.36. The maximum atomic E-state index is 11.8. The fourth-order valence-corrected chi connectivity index (χ4v) is 2.90. The third-order valence-electron chi connectivity index (χ3n) is 2.81. The minimum atomic E-state index is -3.29. The maximum absolute atomic E-state index is 11.8. The van der Waals surface area contributed by atoms with E-state index in [-0.39, 0.29) is 18.4 Å². The lowest BCUT2D eigenvalue weighted by molar-refractivity contribution is 0.340. The van der Waals surface area contributed by atoms with Crippen LogP contribution in [0.15, 0.2) is 24.3 Å². The summed E-state index contributed by atoms with van der Waals surface area (Å²) in [5.41, 5.74) is 6.20. The molecule has 0 amide bonds. The van der Waals surface area contributed by atoms with Crippen LogP contribution in [0.5, 0.6) is 5.75 Å². The molecule has 6 heteroatoms. The lowest BCUT2D eigenvalue weighted by Gasteiger charge is -2.15. The number of anilines is 1. The highest BCUT2D eigenvalue weighted by Crippen LogP contribution is 2.14. The summed E-state index contributed by atoms with van der Waals surface area (Å²) in [6.07, 6.45) is 1.57. The van der Waals surface area contributed by atoms with Crippen molar-refractivity contribution < 1.29 is 13.2 Å². The molecule has 3 N–H and O–H groups in total. The van der Waals surface area contributed by atoms with Gasteiger partial charge in [-0.05, 0) is 25.0 Å². The van der Waals surface area contributed by atoms with Gasteiger partial charge in [0.1, 0.15) is 12.4 Å². The van der Waals surface area contributed by atoms with E-state index in [0.29, 0.717) is 11.4 Å². The number of nitrogens with one attached hydrogen (secondary N) is 1. The molecule has 5 nitrogen and oxygen atoms in total. The summed E-state index contributed by atoms with van der Waals surface area (Å²) in [5.74, 6) is 0.524. The fraction of sp³-hybridized carbons (Fsp3) is 0.538. The zero-order valence-corrected chi connectivity index (χ0v) is 12.2. The Morgan fingerprint density at radius 2 is 2.00 bits per heavy atom. The summed E-state index contributed by atoms with van der Waals surface area (Å²) in [6.45, 7) is 4.03. The van der Waals surface area contributed by atoms with E-state index in [1.54, 1.807) is 24.3 Å². The van der Waals surface area contributed by atoms with Gasteiger partial charge in [-0.1, -0.05) is 19.9 Å². The van der Waals surface area contributed by atoms with Crippen molar-refractivity contribution in [3.05, 3.63) is 24.3 Å². The Kier molecular flexibility index (Phi) is 6.11. The molecule has 0 unspecified atom stereocenters. The molecule has 108 valence electrons. The Labute approximate surface area is 115 Å². The van der Waals surface area contributed by atoms with Crippen LogP contribution < -0.4 is 15.2 Å². The summed E-state index contributed by atoms with van der Waals surface area (Å²) in [7, 11) is -3.29. The number of benzene rings is 1. The van der Waals surface area contributed by atoms with Crippen LogP contribution in [-0.4, -0.2) is 26.8 Å². The first-order chi connectivity index (χ1) is 8.96. The molecule has 1 aromatic rings. The standard InChI is InChI=1S/C13H22N2O3S/c1-3-12(4-2)15-19(16,17)9-8-18-13-7-5-6-11(14)10-13/h5-7,10,12,15H,3-4,8-9,14H2,1-2H3. The van der Waals surface area contributed by atoms with E-state index in [9.17, 15) is 8.42 Å². The molecule has 19 heavy (non-hydrogen) atoms. The van der Waals surface area contributed by atoms with Gasteiger partial charge >= 0.3 is 0 Å². The van der Waals surface area contributed by atoms with Crippen molar-refractivity contribution in [1.29, 1.82) is 0 Å². The molecule has 0 aliphatic rings. The average molecular weight is 286 g/mol. The molecule has 1 rings (SSSR count). The van der Waals surface area contributed by atoms with E-state index in [1.165, 1.54) is 0 Å². The van der Waals surface area contributed by atoms with Gasteiger partial charge in [-0.2, -0.15) is 0 Å². The van der Waals surface area contributed by atoms with Crippen molar-refractivity contribution >= 4 is 15.7 Å². The highest BCUT2D eigenvalue weighted by atomic mass is 32.2. The quantitative estimate of drug-likeness (QED) is 0.713. The van der Waals surface area contributed by atoms with Crippen molar-refractivity contribution in [3.63, 3.8) is 0 Å². The van der Waals surface area contributed by atoms with Gasteiger partial charge in [0, 0.05) is 17.8 Å². The van der Waals surface area contributed by atoms with Gasteiger partial charge in [-0.15, -0.1) is 0 Å². The minimum absolute atomic E-state index is 0.00244. The summed E-state index contributed by atoms with van der Waals surface area (Å²) in [4.78, 5) is 0. The third kappa shape index (κ3) is 5.94. The Bertz CT molecular complexity index is 484. The van der Waals surface area contributed by atoms with Crippen LogP contribution in [0.25, 0.3) is 0 Å². The number of hydrogen-bond donors (Lipinski definition) is 2. The van der Waals surface area contributed by atoms with Crippen LogP contribution in [-0.2, 0) is 10.0 Å². The number of rotatable bonds is 8. The number of sulfonamides is 1. The third-order valence-corrected chi connectivity index (χ3v) is 4.21. The Balaban J connectivity index is 2.43. The molecule has 0 saturated carbocycles. The second kappa shape index (κ2) is 7.35. The van der Waals surface area contributed by atoms with Gasteiger partial charge in [0.05, 0.1) is 5.75 Å². The number of nitrogen functional groups attached to an aromatic ring is 1. The second-order valence-corrected chi connectivity index (χ2v) is 6.24. The highest BCUT2D eigenvalue weighted by molar-refractivity contribution is 7.89. The van der Waals surface area contributed by atoms with E-state index < -0.39 is 10.0 Å². The summed E-state index contributed by atoms with van der Waals surface area (Å²) < 4.78 is 31.6. The Hall–Kier alpha value is -1.27. The zero-order chi connectivity index (χ0) is 14.3. The molecule has 0 aromatic heterocycles. The van der Waals surface area contributed by atoms with E-state index in [4.69, 9.17) is 10.5 Å². The van der Waals surface area contributed by atoms with E-state index in [2.05, 4.69) is 4.72 Å². The van der Waals surface area contributed by atoms with Gasteiger partial charge < -0.3 is 10.5 Å². The molecule has 0 heterocycles. The summed E-state index contributed by atoms with van der Waals surface area (Å²) in [5, 5.41) is 0. The van der Waals surface area contributed by atoms with Crippen LogP contribution in [0, 0.1) is 0 Å². The van der Waals surface area contributed by atoms with E-state index in [0.717, 1.165) is 12.8 Å². The molecule has 0 fully saturated rings. The van der Waals surface area contributed by atoms with Crippen LogP contribution >= 0.6 is 0 Å². The normalized spacial score (nSPS) is 11.7. The Morgan fingerprint density at radius 1 is 1.32 bits per heavy atom. The molecule has 0 bridgehead atoms. The molecule has 0 atom stereocenters. The monoisotopic (exact) mass is 286 g/mol. The highest BCUT2D eigenvalue weighted by Gasteiger charge is 2.15. The molecule has 0 aliphatic heterocycles. The van der Waals surface area contributed by atoms with E-state index >= 15 is 0 Å². The van der Waals surface area contributed by atoms with Gasteiger partial charge in [0.2, 0.25) is 10.0 Å². The van der Waals surface area contributed by atoms with Crippen molar-refractivity contribution in [2.24, 2.45) is 0 Å². The van der Waals surface area contributed by atoms with E-state index in [1.807, 2.05) is 13.8 Å². The molecule has 1 aromatic carbocycles. The van der Waals surface area contributed by atoms with Gasteiger partial charge in [-0.25, -0.2) is 13.1 Å². The largest absolute Gasteiger partial charge is 0.492 e. The molecule has 0 spiro atoms. The molecule has 0 radical (unpaired) electrons. The summed E-state index contributed by atoms with van der Waals surface area (Å²) >= 11 is 0. The van der Waals surface area contributed by atoms with Crippen molar-refractivity contribution in [2.45, 2.75) is 32.7 Å². The predicted molar refractivity (Wildman–Crippen MR) is 77.6 cm³/mol. The molecule has 0 saturated heterocycles. The van der Waals surface area contributed by atoms with Crippen LogP contribution in [0.1, 0.15) is 26.7 Å².